The summed E-state index contributed by atoms with van der Waals surface area (Å²) < 4.78 is 5.30. The van der Waals surface area contributed by atoms with Crippen molar-refractivity contribution in [2.75, 3.05) is 7.11 Å². The van der Waals surface area contributed by atoms with Crippen molar-refractivity contribution < 1.29 is 4.74 Å². The molecule has 0 unspecified atom stereocenters. The van der Waals surface area contributed by atoms with Gasteiger partial charge in [0.2, 0.25) is 0 Å². The van der Waals surface area contributed by atoms with E-state index in [0.29, 0.717) is 5.92 Å². The molecule has 29 heavy (non-hydrogen) atoms. The summed E-state index contributed by atoms with van der Waals surface area (Å²) in [5.74, 6) is 1.26. The Bertz CT molecular complexity index is 1060. The first-order chi connectivity index (χ1) is 13.8. The number of aromatic nitrogens is 1. The Morgan fingerprint density at radius 3 is 2.41 bits per heavy atom. The fourth-order valence-corrected chi connectivity index (χ4v) is 3.76. The summed E-state index contributed by atoms with van der Waals surface area (Å²) >= 11 is 0. The summed E-state index contributed by atoms with van der Waals surface area (Å²) in [6, 6.07) is 21.2. The number of rotatable bonds is 6. The normalized spacial score (nSPS) is 14.1. The first kappa shape index (κ1) is 20.9. The van der Waals surface area contributed by atoms with Crippen LogP contribution in [0.3, 0.4) is 0 Å². The molecule has 0 spiro atoms. The van der Waals surface area contributed by atoms with Crippen molar-refractivity contribution in [1.29, 1.82) is 0 Å². The molecule has 0 fully saturated rings. The van der Waals surface area contributed by atoms with Gasteiger partial charge in [0.15, 0.2) is 0 Å². The van der Waals surface area contributed by atoms with Gasteiger partial charge in [-0.1, -0.05) is 81.0 Å². The van der Waals surface area contributed by atoms with Crippen molar-refractivity contribution in [3.63, 3.8) is 0 Å². The number of benzene rings is 2. The molecule has 0 saturated carbocycles. The summed E-state index contributed by atoms with van der Waals surface area (Å²) in [5.41, 5.74) is 5.72. The smallest absolute Gasteiger partial charge is 0.0927 e. The third-order valence-corrected chi connectivity index (χ3v) is 5.90. The van der Waals surface area contributed by atoms with Gasteiger partial charge in [-0.2, -0.15) is 0 Å². The number of fused-ring (bicyclic) bond motifs is 1. The molecule has 0 aliphatic heterocycles. The fraction of sp³-hybridized carbons (Fsp3) is 0.296. The summed E-state index contributed by atoms with van der Waals surface area (Å²) in [6.45, 7) is 11.0. The lowest BCUT2D eigenvalue weighted by Crippen LogP contribution is -2.26. The van der Waals surface area contributed by atoms with Crippen molar-refractivity contribution in [2.45, 2.75) is 40.0 Å². The van der Waals surface area contributed by atoms with E-state index in [1.807, 2.05) is 13.0 Å². The molecule has 0 aliphatic carbocycles. The second-order valence-electron chi connectivity index (χ2n) is 8.31. The Kier molecular flexibility index (Phi) is 6.22. The van der Waals surface area contributed by atoms with Crippen LogP contribution in [-0.2, 0) is 10.2 Å². The van der Waals surface area contributed by atoms with Crippen LogP contribution in [0.15, 0.2) is 84.1 Å². The Morgan fingerprint density at radius 2 is 1.66 bits per heavy atom. The molecule has 1 aromatic heterocycles. The third kappa shape index (κ3) is 4.59. The quantitative estimate of drug-likeness (QED) is 0.328. The number of allylic oxidation sites excluding steroid dienone is 4. The van der Waals surface area contributed by atoms with Crippen LogP contribution in [0.4, 0.5) is 0 Å². The lowest BCUT2D eigenvalue weighted by molar-refractivity contribution is 0.293. The minimum absolute atomic E-state index is 0.0556. The molecule has 3 aromatic rings. The molecular weight excluding hydrogens is 354 g/mol. The van der Waals surface area contributed by atoms with Crippen LogP contribution >= 0.6 is 0 Å². The fourth-order valence-electron chi connectivity index (χ4n) is 3.76. The molecule has 2 aromatic carbocycles. The molecule has 3 rings (SSSR count). The number of nitrogens with zero attached hydrogens (tertiary/aromatic N) is 1. The standard InChI is InChI=1S/C27H31NO/c1-19(18-21(3)29-6)17-20(2)27(4,5)24-13-9-8-12-23(24)26-16-15-22-11-7-10-14-25(22)28-26/h7-18,20H,1-6H3/b19-17?,21-18-/t20-/m0/s1. The SMILES string of the molecule is CO/C(C)=C\C(C)=C[C@H](C)C(C)(C)c1ccccc1-c1ccc2ccccc2n1. The molecule has 2 heteroatoms. The number of ether oxygens (including phenoxy) is 1. The first-order valence-corrected chi connectivity index (χ1v) is 10.2. The van der Waals surface area contributed by atoms with Crippen LogP contribution in [0.25, 0.3) is 22.2 Å². The number of methoxy groups -OCH3 is 1. The third-order valence-electron chi connectivity index (χ3n) is 5.90. The van der Waals surface area contributed by atoms with Gasteiger partial charge in [-0.3, -0.25) is 0 Å². The van der Waals surface area contributed by atoms with Crippen LogP contribution in [0.1, 0.15) is 40.2 Å². The van der Waals surface area contributed by atoms with Gasteiger partial charge in [0.05, 0.1) is 24.1 Å². The Balaban J connectivity index is 2.03. The minimum atomic E-state index is -0.0556. The summed E-state index contributed by atoms with van der Waals surface area (Å²) in [6.07, 6.45) is 4.41. The lowest BCUT2D eigenvalue weighted by Gasteiger charge is -2.33. The zero-order chi connectivity index (χ0) is 21.0. The van der Waals surface area contributed by atoms with Gasteiger partial charge in [-0.25, -0.2) is 4.98 Å². The molecule has 0 amide bonds. The molecule has 1 atom stereocenters. The van der Waals surface area contributed by atoms with E-state index in [9.17, 15) is 0 Å². The van der Waals surface area contributed by atoms with Crippen LogP contribution in [0.2, 0.25) is 0 Å². The van der Waals surface area contributed by atoms with Gasteiger partial charge in [0.1, 0.15) is 0 Å². The molecular formula is C27H31NO. The average Bonchev–Trinajstić information content (AvgIpc) is 2.73. The van der Waals surface area contributed by atoms with E-state index in [1.165, 1.54) is 22.1 Å². The summed E-state index contributed by atoms with van der Waals surface area (Å²) in [7, 11) is 1.71. The zero-order valence-electron chi connectivity index (χ0n) is 18.4. The van der Waals surface area contributed by atoms with Crippen molar-refractivity contribution in [2.24, 2.45) is 5.92 Å². The van der Waals surface area contributed by atoms with Crippen LogP contribution < -0.4 is 0 Å². The highest BCUT2D eigenvalue weighted by atomic mass is 16.5. The molecule has 0 radical (unpaired) electrons. The highest BCUT2D eigenvalue weighted by Gasteiger charge is 2.29. The number of hydrogen-bond donors (Lipinski definition) is 0. The monoisotopic (exact) mass is 385 g/mol. The highest BCUT2D eigenvalue weighted by Crippen LogP contribution is 2.39. The maximum Gasteiger partial charge on any atom is 0.0927 e. The van der Waals surface area contributed by atoms with Crippen molar-refractivity contribution in [3.8, 4) is 11.3 Å². The van der Waals surface area contributed by atoms with E-state index in [0.717, 1.165) is 17.0 Å². The molecule has 2 nitrogen and oxygen atoms in total. The van der Waals surface area contributed by atoms with Crippen LogP contribution in [0.5, 0.6) is 0 Å². The number of para-hydroxylation sites is 1. The number of hydrogen-bond acceptors (Lipinski definition) is 2. The van der Waals surface area contributed by atoms with Crippen molar-refractivity contribution >= 4 is 10.9 Å². The van der Waals surface area contributed by atoms with E-state index in [-0.39, 0.29) is 5.41 Å². The van der Waals surface area contributed by atoms with E-state index in [2.05, 4.69) is 94.4 Å². The second-order valence-corrected chi connectivity index (χ2v) is 8.31. The van der Waals surface area contributed by atoms with Gasteiger partial charge >= 0.3 is 0 Å². The zero-order valence-corrected chi connectivity index (χ0v) is 18.4. The molecule has 150 valence electrons. The summed E-state index contributed by atoms with van der Waals surface area (Å²) in [5, 5.41) is 1.17. The average molecular weight is 386 g/mol. The molecule has 0 aliphatic rings. The molecule has 0 N–H and O–H groups in total. The van der Waals surface area contributed by atoms with Crippen molar-refractivity contribution in [3.05, 3.63) is 89.7 Å². The highest BCUT2D eigenvalue weighted by molar-refractivity contribution is 5.82. The van der Waals surface area contributed by atoms with Gasteiger partial charge < -0.3 is 4.74 Å². The minimum Gasteiger partial charge on any atom is -0.501 e. The molecule has 0 bridgehead atoms. The Hall–Kier alpha value is -2.87. The second kappa shape index (κ2) is 8.65. The predicted octanol–water partition coefficient (Wildman–Crippen LogP) is 7.31. The maximum atomic E-state index is 5.30. The summed E-state index contributed by atoms with van der Waals surface area (Å²) in [4.78, 5) is 4.95. The lowest BCUT2D eigenvalue weighted by atomic mass is 9.71. The van der Waals surface area contributed by atoms with Gasteiger partial charge in [-0.05, 0) is 49.0 Å². The van der Waals surface area contributed by atoms with E-state index < -0.39 is 0 Å². The Labute approximate surface area is 175 Å². The van der Waals surface area contributed by atoms with E-state index in [1.54, 1.807) is 7.11 Å². The molecule has 0 saturated heterocycles. The first-order valence-electron chi connectivity index (χ1n) is 10.2. The van der Waals surface area contributed by atoms with Gasteiger partial charge in [0.25, 0.3) is 0 Å². The van der Waals surface area contributed by atoms with E-state index >= 15 is 0 Å². The topological polar surface area (TPSA) is 22.1 Å². The van der Waals surface area contributed by atoms with Gasteiger partial charge in [0, 0.05) is 10.9 Å². The largest absolute Gasteiger partial charge is 0.501 e. The predicted molar refractivity (Wildman–Crippen MR) is 124 cm³/mol. The van der Waals surface area contributed by atoms with Crippen LogP contribution in [-0.4, -0.2) is 12.1 Å². The van der Waals surface area contributed by atoms with Crippen molar-refractivity contribution in [1.82, 2.24) is 4.98 Å². The molecule has 1 heterocycles. The van der Waals surface area contributed by atoms with E-state index in [4.69, 9.17) is 9.72 Å². The Morgan fingerprint density at radius 1 is 0.966 bits per heavy atom. The number of pyridine rings is 1. The van der Waals surface area contributed by atoms with Crippen LogP contribution in [0, 0.1) is 5.92 Å². The van der Waals surface area contributed by atoms with Gasteiger partial charge in [-0.15, -0.1) is 0 Å². The maximum absolute atomic E-state index is 5.30.